The topological polar surface area (TPSA) is 21.7 Å². The van der Waals surface area contributed by atoms with E-state index < -0.39 is 8.32 Å². The molecule has 2 rings (SSSR count). The maximum atomic E-state index is 6.28. The lowest BCUT2D eigenvalue weighted by molar-refractivity contribution is 0.0935. The van der Waals surface area contributed by atoms with E-state index in [1.165, 1.54) is 17.7 Å². The SMILES string of the molecule is CCCc1ccc(N2CO[C@H](CCO[Si](C)(C)C(C)(C)C)C2)cc1. The van der Waals surface area contributed by atoms with E-state index in [1.807, 2.05) is 0 Å². The van der Waals surface area contributed by atoms with Gasteiger partial charge in [-0.2, -0.15) is 0 Å². The van der Waals surface area contributed by atoms with Gasteiger partial charge in [-0.1, -0.05) is 46.2 Å². The largest absolute Gasteiger partial charge is 0.417 e. The van der Waals surface area contributed by atoms with E-state index in [0.717, 1.165) is 26.0 Å². The zero-order chi connectivity index (χ0) is 17.8. The van der Waals surface area contributed by atoms with Crippen molar-refractivity contribution in [1.82, 2.24) is 0 Å². The average molecular weight is 350 g/mol. The highest BCUT2D eigenvalue weighted by Gasteiger charge is 2.37. The van der Waals surface area contributed by atoms with E-state index in [2.05, 4.69) is 70.0 Å². The lowest BCUT2D eigenvalue weighted by Gasteiger charge is -2.36. The zero-order valence-electron chi connectivity index (χ0n) is 16.4. The quantitative estimate of drug-likeness (QED) is 0.630. The van der Waals surface area contributed by atoms with Gasteiger partial charge in [0.15, 0.2) is 8.32 Å². The van der Waals surface area contributed by atoms with Crippen LogP contribution in [0, 0.1) is 0 Å². The first kappa shape index (κ1) is 19.5. The van der Waals surface area contributed by atoms with Crippen molar-refractivity contribution in [3.05, 3.63) is 29.8 Å². The molecule has 0 saturated carbocycles. The molecule has 0 N–H and O–H groups in total. The molecular formula is C20H35NO2Si. The molecule has 4 heteroatoms. The summed E-state index contributed by atoms with van der Waals surface area (Å²) in [5.74, 6) is 0. The van der Waals surface area contributed by atoms with E-state index in [4.69, 9.17) is 9.16 Å². The minimum absolute atomic E-state index is 0.274. The van der Waals surface area contributed by atoms with E-state index >= 15 is 0 Å². The molecule has 1 saturated heterocycles. The molecule has 0 radical (unpaired) electrons. The van der Waals surface area contributed by atoms with Crippen LogP contribution in [0.2, 0.25) is 18.1 Å². The van der Waals surface area contributed by atoms with Crippen LogP contribution in [0.25, 0.3) is 0 Å². The van der Waals surface area contributed by atoms with Crippen LogP contribution in [0.3, 0.4) is 0 Å². The summed E-state index contributed by atoms with van der Waals surface area (Å²) in [6.07, 6.45) is 3.62. The standard InChI is InChI=1S/C20H35NO2Si/c1-7-8-17-9-11-18(12-10-17)21-15-19(22-16-21)13-14-23-24(5,6)20(2,3)4/h9-12,19H,7-8,13-16H2,1-6H3/t19-/m1/s1. The van der Waals surface area contributed by atoms with E-state index in [1.54, 1.807) is 0 Å². The summed E-state index contributed by atoms with van der Waals surface area (Å²) < 4.78 is 12.2. The molecule has 136 valence electrons. The third-order valence-electron chi connectivity index (χ3n) is 5.44. The fraction of sp³-hybridized carbons (Fsp3) is 0.700. The van der Waals surface area contributed by atoms with Gasteiger partial charge in [0, 0.05) is 18.8 Å². The number of anilines is 1. The smallest absolute Gasteiger partial charge is 0.191 e. The summed E-state index contributed by atoms with van der Waals surface area (Å²) in [6, 6.07) is 8.94. The van der Waals surface area contributed by atoms with Gasteiger partial charge in [-0.05, 0) is 48.7 Å². The Labute approximate surface area is 149 Å². The Hall–Kier alpha value is -0.843. The first-order valence-corrected chi connectivity index (χ1v) is 12.2. The average Bonchev–Trinajstić information content (AvgIpc) is 2.96. The molecule has 1 aromatic rings. The number of nitrogens with zero attached hydrogens (tertiary/aromatic N) is 1. The van der Waals surface area contributed by atoms with Crippen LogP contribution < -0.4 is 4.90 Å². The monoisotopic (exact) mass is 349 g/mol. The van der Waals surface area contributed by atoms with Crippen molar-refractivity contribution in [2.45, 2.75) is 71.2 Å². The number of ether oxygens (including phenoxy) is 1. The van der Waals surface area contributed by atoms with Gasteiger partial charge in [0.2, 0.25) is 0 Å². The van der Waals surface area contributed by atoms with Crippen molar-refractivity contribution in [3.63, 3.8) is 0 Å². The molecule has 3 nitrogen and oxygen atoms in total. The maximum absolute atomic E-state index is 6.28. The van der Waals surface area contributed by atoms with Crippen LogP contribution in [-0.4, -0.2) is 34.3 Å². The van der Waals surface area contributed by atoms with Crippen LogP contribution in [0.5, 0.6) is 0 Å². The molecule has 1 aliphatic heterocycles. The van der Waals surface area contributed by atoms with Gasteiger partial charge in [-0.3, -0.25) is 0 Å². The van der Waals surface area contributed by atoms with Gasteiger partial charge in [0.05, 0.1) is 6.10 Å². The summed E-state index contributed by atoms with van der Waals surface area (Å²) in [7, 11) is -1.64. The maximum Gasteiger partial charge on any atom is 0.191 e. The van der Waals surface area contributed by atoms with Crippen LogP contribution >= 0.6 is 0 Å². The molecule has 1 fully saturated rings. The Morgan fingerprint density at radius 1 is 1.21 bits per heavy atom. The number of rotatable bonds is 7. The van der Waals surface area contributed by atoms with E-state index in [0.29, 0.717) is 6.73 Å². The Morgan fingerprint density at radius 2 is 1.88 bits per heavy atom. The van der Waals surface area contributed by atoms with Gasteiger partial charge in [0.25, 0.3) is 0 Å². The lowest BCUT2D eigenvalue weighted by Crippen LogP contribution is -2.41. The van der Waals surface area contributed by atoms with Crippen LogP contribution in [0.4, 0.5) is 5.69 Å². The van der Waals surface area contributed by atoms with Crippen molar-refractivity contribution >= 4 is 14.0 Å². The Morgan fingerprint density at radius 3 is 2.46 bits per heavy atom. The van der Waals surface area contributed by atoms with Crippen LogP contribution in [-0.2, 0) is 15.6 Å². The van der Waals surface area contributed by atoms with E-state index in [9.17, 15) is 0 Å². The minimum atomic E-state index is -1.64. The Balaban J connectivity index is 1.79. The number of hydrogen-bond acceptors (Lipinski definition) is 3. The summed E-state index contributed by atoms with van der Waals surface area (Å²) >= 11 is 0. The van der Waals surface area contributed by atoms with Gasteiger partial charge in [0.1, 0.15) is 6.73 Å². The highest BCUT2D eigenvalue weighted by molar-refractivity contribution is 6.74. The van der Waals surface area contributed by atoms with Gasteiger partial charge >= 0.3 is 0 Å². The molecule has 24 heavy (non-hydrogen) atoms. The fourth-order valence-corrected chi connectivity index (χ4v) is 3.79. The number of aryl methyl sites for hydroxylation is 1. The molecule has 0 spiro atoms. The van der Waals surface area contributed by atoms with Crippen molar-refractivity contribution in [2.75, 3.05) is 24.8 Å². The Kier molecular flexibility index (Phi) is 6.51. The fourth-order valence-electron chi connectivity index (χ4n) is 2.73. The van der Waals surface area contributed by atoms with Crippen LogP contribution in [0.15, 0.2) is 24.3 Å². The van der Waals surface area contributed by atoms with Gasteiger partial charge in [-0.25, -0.2) is 0 Å². The molecule has 1 aliphatic rings. The van der Waals surface area contributed by atoms with Crippen molar-refractivity contribution in [1.29, 1.82) is 0 Å². The molecule has 0 aliphatic carbocycles. The predicted molar refractivity (Wildman–Crippen MR) is 105 cm³/mol. The molecule has 1 heterocycles. The van der Waals surface area contributed by atoms with E-state index in [-0.39, 0.29) is 11.1 Å². The second-order valence-electron chi connectivity index (χ2n) is 8.45. The highest BCUT2D eigenvalue weighted by atomic mass is 28.4. The number of benzene rings is 1. The molecular weight excluding hydrogens is 314 g/mol. The predicted octanol–water partition coefficient (Wildman–Crippen LogP) is 5.21. The van der Waals surface area contributed by atoms with Gasteiger partial charge < -0.3 is 14.1 Å². The summed E-state index contributed by atoms with van der Waals surface area (Å²) in [5.41, 5.74) is 2.68. The molecule has 1 atom stereocenters. The first-order chi connectivity index (χ1) is 11.2. The van der Waals surface area contributed by atoms with Gasteiger partial charge in [-0.15, -0.1) is 0 Å². The third-order valence-corrected chi connectivity index (χ3v) is 9.98. The number of hydrogen-bond donors (Lipinski definition) is 0. The second-order valence-corrected chi connectivity index (χ2v) is 13.3. The van der Waals surface area contributed by atoms with Crippen molar-refractivity contribution in [3.8, 4) is 0 Å². The summed E-state index contributed by atoms with van der Waals surface area (Å²) in [5, 5.41) is 0.274. The van der Waals surface area contributed by atoms with Crippen molar-refractivity contribution in [2.24, 2.45) is 0 Å². The summed E-state index contributed by atoms with van der Waals surface area (Å²) in [6.45, 7) is 16.2. The molecule has 0 bridgehead atoms. The Bertz CT molecular complexity index is 507. The molecule has 0 unspecified atom stereocenters. The summed E-state index contributed by atoms with van der Waals surface area (Å²) in [4.78, 5) is 2.33. The van der Waals surface area contributed by atoms with Crippen LogP contribution in [0.1, 0.15) is 46.1 Å². The minimum Gasteiger partial charge on any atom is -0.417 e. The van der Waals surface area contributed by atoms with Crippen molar-refractivity contribution < 1.29 is 9.16 Å². The molecule has 0 aromatic heterocycles. The normalized spacial score (nSPS) is 19.1. The second kappa shape index (κ2) is 8.02. The third kappa shape index (κ3) is 5.07. The molecule has 1 aromatic carbocycles. The lowest BCUT2D eigenvalue weighted by atomic mass is 10.1. The molecule has 0 amide bonds. The zero-order valence-corrected chi connectivity index (χ0v) is 17.4. The highest BCUT2D eigenvalue weighted by Crippen LogP contribution is 2.36. The first-order valence-electron chi connectivity index (χ1n) is 9.32.